The van der Waals surface area contributed by atoms with Gasteiger partial charge in [0.2, 0.25) is 0 Å². The molecule has 0 bridgehead atoms. The molecule has 0 amide bonds. The first-order valence-electron chi connectivity index (χ1n) is 4.27. The smallest absolute Gasteiger partial charge is 0.0494 e. The molecule has 0 aromatic carbocycles. The van der Waals surface area contributed by atoms with Gasteiger partial charge in [-0.05, 0) is 6.42 Å². The van der Waals surface area contributed by atoms with Gasteiger partial charge in [-0.2, -0.15) is 0 Å². The average molecular weight is 155 g/mol. The normalized spacial score (nSPS) is 30.2. The summed E-state index contributed by atoms with van der Waals surface area (Å²) >= 11 is 0. The molecule has 2 N–H and O–H groups in total. The van der Waals surface area contributed by atoms with Gasteiger partial charge in [0.1, 0.15) is 0 Å². The standard InChI is InChI=1S/C9H17NO/c1-7(2)10-9-4-3-8(5-9)6-11/h3-4,7-11H,5-6H2,1-2H3/t8-,9+/m0/s1. The number of aliphatic hydroxyl groups is 1. The summed E-state index contributed by atoms with van der Waals surface area (Å²) in [4.78, 5) is 0. The Morgan fingerprint density at radius 2 is 2.27 bits per heavy atom. The fourth-order valence-corrected chi connectivity index (χ4v) is 1.46. The Morgan fingerprint density at radius 3 is 2.73 bits per heavy atom. The maximum absolute atomic E-state index is 8.84. The van der Waals surface area contributed by atoms with Crippen molar-refractivity contribution >= 4 is 0 Å². The van der Waals surface area contributed by atoms with Crippen LogP contribution in [-0.4, -0.2) is 23.8 Å². The molecule has 0 fully saturated rings. The summed E-state index contributed by atoms with van der Waals surface area (Å²) in [6, 6.07) is 1.01. The van der Waals surface area contributed by atoms with E-state index in [0.29, 0.717) is 18.0 Å². The van der Waals surface area contributed by atoms with Crippen LogP contribution in [0.3, 0.4) is 0 Å². The third-order valence-electron chi connectivity index (χ3n) is 1.95. The molecule has 0 aromatic heterocycles. The number of nitrogens with one attached hydrogen (secondary N) is 1. The fraction of sp³-hybridized carbons (Fsp3) is 0.778. The molecule has 0 spiro atoms. The Kier molecular flexibility index (Phi) is 3.09. The van der Waals surface area contributed by atoms with Crippen LogP contribution in [0.1, 0.15) is 20.3 Å². The summed E-state index contributed by atoms with van der Waals surface area (Å²) in [5.74, 6) is 0.381. The highest BCUT2D eigenvalue weighted by Gasteiger charge is 2.17. The molecule has 0 unspecified atom stereocenters. The number of hydrogen-bond acceptors (Lipinski definition) is 2. The summed E-state index contributed by atoms with van der Waals surface area (Å²) in [5.41, 5.74) is 0. The van der Waals surface area contributed by atoms with E-state index in [0.717, 1.165) is 6.42 Å². The Labute approximate surface area is 68.3 Å². The van der Waals surface area contributed by atoms with Gasteiger partial charge in [-0.3, -0.25) is 0 Å². The number of aliphatic hydroxyl groups excluding tert-OH is 1. The van der Waals surface area contributed by atoms with Gasteiger partial charge in [0, 0.05) is 24.6 Å². The van der Waals surface area contributed by atoms with Crippen molar-refractivity contribution in [3.63, 3.8) is 0 Å². The van der Waals surface area contributed by atoms with Gasteiger partial charge in [-0.25, -0.2) is 0 Å². The van der Waals surface area contributed by atoms with E-state index in [1.54, 1.807) is 0 Å². The minimum Gasteiger partial charge on any atom is -0.396 e. The summed E-state index contributed by atoms with van der Waals surface area (Å²) in [6.45, 7) is 4.56. The van der Waals surface area contributed by atoms with Crippen LogP contribution in [0.2, 0.25) is 0 Å². The lowest BCUT2D eigenvalue weighted by atomic mass is 10.1. The van der Waals surface area contributed by atoms with Gasteiger partial charge < -0.3 is 10.4 Å². The third kappa shape index (κ3) is 2.64. The van der Waals surface area contributed by atoms with E-state index >= 15 is 0 Å². The first-order valence-corrected chi connectivity index (χ1v) is 4.27. The minimum atomic E-state index is 0.284. The largest absolute Gasteiger partial charge is 0.396 e. The molecule has 2 heteroatoms. The van der Waals surface area contributed by atoms with Crippen LogP contribution in [0.4, 0.5) is 0 Å². The van der Waals surface area contributed by atoms with E-state index in [1.165, 1.54) is 0 Å². The monoisotopic (exact) mass is 155 g/mol. The number of rotatable bonds is 3. The second kappa shape index (κ2) is 3.88. The first kappa shape index (κ1) is 8.75. The van der Waals surface area contributed by atoms with Crippen molar-refractivity contribution in [3.8, 4) is 0 Å². The predicted octanol–water partition coefficient (Wildman–Crippen LogP) is 0.921. The molecule has 2 nitrogen and oxygen atoms in total. The van der Waals surface area contributed by atoms with Crippen LogP contribution in [-0.2, 0) is 0 Å². The van der Waals surface area contributed by atoms with Crippen molar-refractivity contribution in [1.82, 2.24) is 5.32 Å². The van der Waals surface area contributed by atoms with Crippen LogP contribution in [0, 0.1) is 5.92 Å². The highest BCUT2D eigenvalue weighted by Crippen LogP contribution is 2.17. The van der Waals surface area contributed by atoms with Gasteiger partial charge in [0.15, 0.2) is 0 Å². The molecule has 0 saturated heterocycles. The Hall–Kier alpha value is -0.340. The Morgan fingerprint density at radius 1 is 1.55 bits per heavy atom. The topological polar surface area (TPSA) is 32.3 Å². The van der Waals surface area contributed by atoms with Crippen molar-refractivity contribution in [2.45, 2.75) is 32.4 Å². The third-order valence-corrected chi connectivity index (χ3v) is 1.95. The lowest BCUT2D eigenvalue weighted by molar-refractivity contribution is 0.245. The second-order valence-electron chi connectivity index (χ2n) is 3.49. The zero-order valence-corrected chi connectivity index (χ0v) is 7.25. The molecule has 64 valence electrons. The molecule has 1 aliphatic carbocycles. The summed E-state index contributed by atoms with van der Waals surface area (Å²) < 4.78 is 0. The van der Waals surface area contributed by atoms with Crippen LogP contribution in [0.25, 0.3) is 0 Å². The van der Waals surface area contributed by atoms with E-state index in [1.807, 2.05) is 0 Å². The maximum atomic E-state index is 8.84. The minimum absolute atomic E-state index is 0.284. The van der Waals surface area contributed by atoms with E-state index in [9.17, 15) is 0 Å². The molecular weight excluding hydrogens is 138 g/mol. The summed E-state index contributed by atoms with van der Waals surface area (Å²) in [7, 11) is 0. The van der Waals surface area contributed by atoms with Gasteiger partial charge in [0.25, 0.3) is 0 Å². The summed E-state index contributed by atoms with van der Waals surface area (Å²) in [6.07, 6.45) is 5.30. The Bertz CT molecular complexity index is 142. The van der Waals surface area contributed by atoms with Gasteiger partial charge in [-0.15, -0.1) is 0 Å². The fourth-order valence-electron chi connectivity index (χ4n) is 1.46. The van der Waals surface area contributed by atoms with Crippen molar-refractivity contribution in [3.05, 3.63) is 12.2 Å². The van der Waals surface area contributed by atoms with Crippen molar-refractivity contribution in [2.24, 2.45) is 5.92 Å². The maximum Gasteiger partial charge on any atom is 0.0494 e. The average Bonchev–Trinajstić information content (AvgIpc) is 2.34. The lowest BCUT2D eigenvalue weighted by Gasteiger charge is -2.15. The molecule has 0 aromatic rings. The molecule has 0 radical (unpaired) electrons. The zero-order valence-electron chi connectivity index (χ0n) is 7.25. The molecule has 11 heavy (non-hydrogen) atoms. The van der Waals surface area contributed by atoms with E-state index in [4.69, 9.17) is 5.11 Å². The first-order chi connectivity index (χ1) is 5.22. The zero-order chi connectivity index (χ0) is 8.27. The molecular formula is C9H17NO. The predicted molar refractivity (Wildman–Crippen MR) is 46.4 cm³/mol. The van der Waals surface area contributed by atoms with Crippen LogP contribution >= 0.6 is 0 Å². The highest BCUT2D eigenvalue weighted by atomic mass is 16.3. The summed E-state index contributed by atoms with van der Waals surface area (Å²) in [5, 5.41) is 12.2. The number of hydrogen-bond donors (Lipinski definition) is 2. The van der Waals surface area contributed by atoms with Crippen molar-refractivity contribution in [1.29, 1.82) is 0 Å². The quantitative estimate of drug-likeness (QED) is 0.594. The Balaban J connectivity index is 2.26. The van der Waals surface area contributed by atoms with Crippen LogP contribution in [0.15, 0.2) is 12.2 Å². The van der Waals surface area contributed by atoms with Gasteiger partial charge >= 0.3 is 0 Å². The van der Waals surface area contributed by atoms with Crippen molar-refractivity contribution < 1.29 is 5.11 Å². The molecule has 1 rings (SSSR count). The highest BCUT2D eigenvalue weighted by molar-refractivity contribution is 5.05. The molecule has 0 aliphatic heterocycles. The van der Waals surface area contributed by atoms with Gasteiger partial charge in [0.05, 0.1) is 0 Å². The lowest BCUT2D eigenvalue weighted by Crippen LogP contribution is -2.32. The SMILES string of the molecule is CC(C)N[C@@H]1C=C[C@H](CO)C1. The van der Waals surface area contributed by atoms with Crippen LogP contribution in [0.5, 0.6) is 0 Å². The van der Waals surface area contributed by atoms with E-state index in [2.05, 4.69) is 31.3 Å². The van der Waals surface area contributed by atoms with Gasteiger partial charge in [-0.1, -0.05) is 26.0 Å². The van der Waals surface area contributed by atoms with Crippen LogP contribution < -0.4 is 5.32 Å². The van der Waals surface area contributed by atoms with E-state index in [-0.39, 0.29) is 6.61 Å². The van der Waals surface area contributed by atoms with Crippen molar-refractivity contribution in [2.75, 3.05) is 6.61 Å². The second-order valence-corrected chi connectivity index (χ2v) is 3.49. The van der Waals surface area contributed by atoms with E-state index < -0.39 is 0 Å². The molecule has 0 saturated carbocycles. The molecule has 1 aliphatic rings. The molecule has 2 atom stereocenters. The molecule has 0 heterocycles.